The van der Waals surface area contributed by atoms with Crippen LogP contribution in [0.2, 0.25) is 0 Å². The van der Waals surface area contributed by atoms with E-state index in [9.17, 15) is 9.59 Å². The third kappa shape index (κ3) is 5.20. The van der Waals surface area contributed by atoms with E-state index in [1.165, 1.54) is 4.68 Å². The number of hydrogen-bond acceptors (Lipinski definition) is 5. The molecule has 0 bridgehead atoms. The monoisotopic (exact) mass is 474 g/mol. The van der Waals surface area contributed by atoms with E-state index in [1.807, 2.05) is 78.9 Å². The van der Waals surface area contributed by atoms with Gasteiger partial charge in [-0.15, -0.1) is 0 Å². The topological polar surface area (TPSA) is 85.6 Å². The minimum Gasteiger partial charge on any atom is -0.484 e. The maximum absolute atomic E-state index is 13.3. The molecule has 36 heavy (non-hydrogen) atoms. The number of anilines is 1. The molecule has 1 N–H and O–H groups in total. The number of nitrogens with one attached hydrogen (secondary N) is 1. The summed E-state index contributed by atoms with van der Waals surface area (Å²) in [6.45, 7) is -0.137. The summed E-state index contributed by atoms with van der Waals surface area (Å²) in [4.78, 5) is 30.2. The number of carbonyl (C=O) groups is 1. The van der Waals surface area contributed by atoms with Gasteiger partial charge >= 0.3 is 0 Å². The maximum Gasteiger partial charge on any atom is 0.282 e. The van der Waals surface area contributed by atoms with Gasteiger partial charge in [-0.05, 0) is 42.0 Å². The van der Waals surface area contributed by atoms with Gasteiger partial charge in [0.05, 0.1) is 17.1 Å². The number of aromatic nitrogens is 2. The molecule has 176 valence electrons. The zero-order valence-electron chi connectivity index (χ0n) is 19.2. The minimum absolute atomic E-state index is 0.137. The second-order valence-corrected chi connectivity index (χ2v) is 7.96. The van der Waals surface area contributed by atoms with Crippen molar-refractivity contribution in [2.45, 2.75) is 0 Å². The lowest BCUT2D eigenvalue weighted by Gasteiger charge is -2.10. The van der Waals surface area contributed by atoms with Gasteiger partial charge in [0.1, 0.15) is 5.75 Å². The standard InChI is InChI=1S/C29H22N4O3/c34-27(31-23-13-5-2-6-14-23)20-36-24-15-9-10-21(18-24)19-30-33-28(22-11-3-1-4-12-22)32-26-17-8-7-16-25(26)29(33)35/h1-19H,20H2,(H,31,34). The van der Waals surface area contributed by atoms with E-state index in [0.717, 1.165) is 5.56 Å². The highest BCUT2D eigenvalue weighted by atomic mass is 16.5. The number of hydrogen-bond donors (Lipinski definition) is 1. The van der Waals surface area contributed by atoms with Crippen LogP contribution < -0.4 is 15.6 Å². The molecule has 0 aliphatic rings. The highest BCUT2D eigenvalue weighted by Gasteiger charge is 2.12. The Morgan fingerprint density at radius 1 is 0.889 bits per heavy atom. The molecule has 0 saturated carbocycles. The van der Waals surface area contributed by atoms with Gasteiger partial charge in [-0.1, -0.05) is 72.8 Å². The van der Waals surface area contributed by atoms with E-state index >= 15 is 0 Å². The Balaban J connectivity index is 1.39. The molecule has 0 fully saturated rings. The summed E-state index contributed by atoms with van der Waals surface area (Å²) in [5.41, 5.74) is 2.53. The van der Waals surface area contributed by atoms with Crippen molar-refractivity contribution in [3.63, 3.8) is 0 Å². The van der Waals surface area contributed by atoms with Crippen LogP contribution in [-0.4, -0.2) is 28.4 Å². The second-order valence-electron chi connectivity index (χ2n) is 7.96. The summed E-state index contributed by atoms with van der Waals surface area (Å²) in [5.74, 6) is 0.691. The van der Waals surface area contributed by atoms with E-state index in [1.54, 1.807) is 36.5 Å². The molecule has 0 spiro atoms. The largest absolute Gasteiger partial charge is 0.484 e. The highest BCUT2D eigenvalue weighted by Crippen LogP contribution is 2.19. The van der Waals surface area contributed by atoms with Crippen LogP contribution in [0.3, 0.4) is 0 Å². The molecule has 5 rings (SSSR count). The predicted molar refractivity (Wildman–Crippen MR) is 141 cm³/mol. The van der Waals surface area contributed by atoms with Crippen LogP contribution in [-0.2, 0) is 4.79 Å². The zero-order valence-corrected chi connectivity index (χ0v) is 19.2. The first-order valence-corrected chi connectivity index (χ1v) is 11.4. The van der Waals surface area contributed by atoms with Crippen molar-refractivity contribution in [1.29, 1.82) is 0 Å². The summed E-state index contributed by atoms with van der Waals surface area (Å²) in [5, 5.41) is 7.74. The van der Waals surface area contributed by atoms with E-state index in [-0.39, 0.29) is 18.1 Å². The summed E-state index contributed by atoms with van der Waals surface area (Å²) >= 11 is 0. The molecule has 0 unspecified atom stereocenters. The lowest BCUT2D eigenvalue weighted by Crippen LogP contribution is -2.20. The van der Waals surface area contributed by atoms with E-state index < -0.39 is 0 Å². The summed E-state index contributed by atoms with van der Waals surface area (Å²) in [7, 11) is 0. The number of para-hydroxylation sites is 2. The fourth-order valence-corrected chi connectivity index (χ4v) is 3.68. The summed E-state index contributed by atoms with van der Waals surface area (Å²) in [6.07, 6.45) is 1.57. The normalized spacial score (nSPS) is 11.0. The Bertz CT molecular complexity index is 1600. The van der Waals surface area contributed by atoms with Crippen molar-refractivity contribution in [3.8, 4) is 17.1 Å². The van der Waals surface area contributed by atoms with Crippen LogP contribution in [0.4, 0.5) is 5.69 Å². The molecule has 1 heterocycles. The van der Waals surface area contributed by atoms with Gasteiger partial charge in [-0.3, -0.25) is 9.59 Å². The van der Waals surface area contributed by atoms with E-state index in [2.05, 4.69) is 10.4 Å². The van der Waals surface area contributed by atoms with Gasteiger partial charge < -0.3 is 10.1 Å². The molecule has 0 radical (unpaired) electrons. The first kappa shape index (κ1) is 22.7. The van der Waals surface area contributed by atoms with Gasteiger partial charge in [0.25, 0.3) is 11.5 Å². The van der Waals surface area contributed by atoms with Gasteiger partial charge in [-0.25, -0.2) is 4.98 Å². The summed E-state index contributed by atoms with van der Waals surface area (Å²) in [6, 6.07) is 33.0. The van der Waals surface area contributed by atoms with Crippen LogP contribution in [0.5, 0.6) is 5.75 Å². The van der Waals surface area contributed by atoms with Crippen molar-refractivity contribution >= 4 is 28.7 Å². The number of ether oxygens (including phenoxy) is 1. The molecule has 4 aromatic carbocycles. The Labute approximate surface area is 207 Å². The lowest BCUT2D eigenvalue weighted by atomic mass is 10.2. The zero-order chi connectivity index (χ0) is 24.7. The average Bonchev–Trinajstić information content (AvgIpc) is 2.93. The molecule has 0 aliphatic carbocycles. The number of fused-ring (bicyclic) bond motifs is 1. The molecule has 1 amide bonds. The van der Waals surface area contributed by atoms with Gasteiger partial charge in [-0.2, -0.15) is 9.78 Å². The SMILES string of the molecule is O=C(COc1cccc(C=Nn2c(-c3ccccc3)nc3ccccc3c2=O)c1)Nc1ccccc1. The number of benzene rings is 4. The Kier molecular flexibility index (Phi) is 6.62. The number of rotatable bonds is 7. The Morgan fingerprint density at radius 2 is 1.61 bits per heavy atom. The first-order chi connectivity index (χ1) is 17.7. The van der Waals surface area contributed by atoms with Crippen LogP contribution in [0.1, 0.15) is 5.56 Å². The fraction of sp³-hybridized carbons (Fsp3) is 0.0345. The Hall–Kier alpha value is -5.04. The molecular formula is C29H22N4O3. The smallest absolute Gasteiger partial charge is 0.282 e. The molecule has 0 aliphatic heterocycles. The van der Waals surface area contributed by atoms with E-state index in [4.69, 9.17) is 9.72 Å². The van der Waals surface area contributed by atoms with Gasteiger partial charge in [0, 0.05) is 11.3 Å². The molecule has 0 saturated heterocycles. The molecule has 0 atom stereocenters. The summed E-state index contributed by atoms with van der Waals surface area (Å²) < 4.78 is 6.96. The van der Waals surface area contributed by atoms with Crippen LogP contribution >= 0.6 is 0 Å². The van der Waals surface area contributed by atoms with Crippen molar-refractivity contribution in [2.75, 3.05) is 11.9 Å². The highest BCUT2D eigenvalue weighted by molar-refractivity contribution is 5.91. The number of carbonyl (C=O) groups excluding carboxylic acids is 1. The molecule has 1 aromatic heterocycles. The quantitative estimate of drug-likeness (QED) is 0.338. The average molecular weight is 475 g/mol. The van der Waals surface area contributed by atoms with Crippen LogP contribution in [0.25, 0.3) is 22.3 Å². The second kappa shape index (κ2) is 10.5. The van der Waals surface area contributed by atoms with Crippen LogP contribution in [0.15, 0.2) is 119 Å². The lowest BCUT2D eigenvalue weighted by molar-refractivity contribution is -0.118. The molecule has 5 aromatic rings. The third-order valence-electron chi connectivity index (χ3n) is 5.39. The molecular weight excluding hydrogens is 452 g/mol. The van der Waals surface area contributed by atoms with Crippen molar-refractivity contribution in [1.82, 2.24) is 9.66 Å². The van der Waals surface area contributed by atoms with Crippen LogP contribution in [0, 0.1) is 0 Å². The number of amides is 1. The van der Waals surface area contributed by atoms with Gasteiger partial charge in [0.15, 0.2) is 12.4 Å². The molecule has 7 heteroatoms. The van der Waals surface area contributed by atoms with Crippen molar-refractivity contribution < 1.29 is 9.53 Å². The fourth-order valence-electron chi connectivity index (χ4n) is 3.68. The minimum atomic E-state index is -0.263. The molecule has 7 nitrogen and oxygen atoms in total. The first-order valence-electron chi connectivity index (χ1n) is 11.4. The van der Waals surface area contributed by atoms with Gasteiger partial charge in [0.2, 0.25) is 0 Å². The Morgan fingerprint density at radius 3 is 2.42 bits per heavy atom. The van der Waals surface area contributed by atoms with E-state index in [0.29, 0.717) is 33.7 Å². The van der Waals surface area contributed by atoms with Crippen molar-refractivity contribution in [3.05, 3.63) is 125 Å². The maximum atomic E-state index is 13.3. The third-order valence-corrected chi connectivity index (χ3v) is 5.39. The van der Waals surface area contributed by atoms with Crippen molar-refractivity contribution in [2.24, 2.45) is 5.10 Å². The predicted octanol–water partition coefficient (Wildman–Crippen LogP) is 4.96. The number of nitrogens with zero attached hydrogens (tertiary/aromatic N) is 3.